The summed E-state index contributed by atoms with van der Waals surface area (Å²) in [4.78, 5) is 30.9. The Kier molecular flexibility index (Phi) is 4.07. The average Bonchev–Trinajstić information content (AvgIpc) is 2.55. The van der Waals surface area contributed by atoms with Crippen LogP contribution < -0.4 is 5.73 Å². The number of ketones is 1. The van der Waals surface area contributed by atoms with Crippen LogP contribution in [0.3, 0.4) is 0 Å². The largest absolute Gasteiger partial charge is 0.478 e. The fourth-order valence-electron chi connectivity index (χ4n) is 2.60. The maximum absolute atomic E-state index is 13.9. The summed E-state index contributed by atoms with van der Waals surface area (Å²) >= 11 is 0. The van der Waals surface area contributed by atoms with Crippen molar-refractivity contribution in [3.63, 3.8) is 0 Å². The van der Waals surface area contributed by atoms with Crippen LogP contribution in [0, 0.1) is 5.82 Å². The van der Waals surface area contributed by atoms with Gasteiger partial charge in [-0.3, -0.25) is 4.79 Å². The Morgan fingerprint density at radius 2 is 2.08 bits per heavy atom. The van der Waals surface area contributed by atoms with Crippen molar-refractivity contribution in [2.45, 2.75) is 19.3 Å². The van der Waals surface area contributed by atoms with Gasteiger partial charge in [-0.05, 0) is 36.6 Å². The van der Waals surface area contributed by atoms with Crippen molar-refractivity contribution in [3.8, 4) is 11.3 Å². The van der Waals surface area contributed by atoms with E-state index < -0.39 is 17.3 Å². The average molecular weight is 327 g/mol. The highest BCUT2D eigenvalue weighted by Crippen LogP contribution is 2.29. The fourth-order valence-corrected chi connectivity index (χ4v) is 2.60. The van der Waals surface area contributed by atoms with Crippen LogP contribution in [-0.2, 0) is 4.79 Å². The number of nitrogens with two attached hydrogens (primary N) is 1. The topological polar surface area (TPSA) is 106 Å². The van der Waals surface area contributed by atoms with Crippen LogP contribution >= 0.6 is 0 Å². The van der Waals surface area contributed by atoms with E-state index in [1.54, 1.807) is 6.08 Å². The first-order valence-corrected chi connectivity index (χ1v) is 7.35. The number of carbonyl (C=O) groups is 2. The van der Waals surface area contributed by atoms with Crippen LogP contribution in [0.4, 0.5) is 10.2 Å². The number of carboxylic acids is 1. The lowest BCUT2D eigenvalue weighted by Gasteiger charge is -2.13. The molecular weight excluding hydrogens is 313 g/mol. The summed E-state index contributed by atoms with van der Waals surface area (Å²) in [5, 5.41) is 8.89. The van der Waals surface area contributed by atoms with Crippen LogP contribution in [0.2, 0.25) is 0 Å². The molecule has 1 aromatic carbocycles. The number of aromatic nitrogens is 2. The molecule has 0 atom stereocenters. The Bertz CT molecular complexity index is 877. The predicted molar refractivity (Wildman–Crippen MR) is 85.6 cm³/mol. The van der Waals surface area contributed by atoms with Crippen LogP contribution in [0.5, 0.6) is 0 Å². The lowest BCUT2D eigenvalue weighted by Crippen LogP contribution is -2.06. The Hall–Kier alpha value is -3.09. The molecule has 1 aliphatic carbocycles. The summed E-state index contributed by atoms with van der Waals surface area (Å²) in [5.41, 5.74) is 7.25. The number of nitrogens with zero attached hydrogens (tertiary/aromatic N) is 2. The minimum absolute atomic E-state index is 0.0354. The van der Waals surface area contributed by atoms with E-state index in [-0.39, 0.29) is 17.3 Å². The molecule has 0 unspecified atom stereocenters. The summed E-state index contributed by atoms with van der Waals surface area (Å²) < 4.78 is 13.9. The molecule has 0 saturated heterocycles. The van der Waals surface area contributed by atoms with Gasteiger partial charge in [0.2, 0.25) is 0 Å². The van der Waals surface area contributed by atoms with Gasteiger partial charge in [-0.15, -0.1) is 0 Å². The molecule has 122 valence electrons. The zero-order chi connectivity index (χ0) is 17.3. The number of rotatable bonds is 3. The number of halogens is 1. The van der Waals surface area contributed by atoms with Gasteiger partial charge in [0.05, 0.1) is 17.5 Å². The standard InChI is InChI=1S/C17H14FN3O3/c18-13-7-10(4-5-12(13)17(23)24)15-16(19)20-8-14(21-15)9-2-1-3-11(22)6-9/h4-8H,1-3H2,(H2,19,20)(H,23,24). The molecule has 0 radical (unpaired) electrons. The quantitative estimate of drug-likeness (QED) is 0.897. The molecule has 0 bridgehead atoms. The molecule has 3 rings (SSSR count). The molecule has 2 aromatic rings. The molecule has 0 fully saturated rings. The number of allylic oxidation sites excluding steroid dienone is 2. The van der Waals surface area contributed by atoms with E-state index in [1.165, 1.54) is 12.3 Å². The Balaban J connectivity index is 2.05. The zero-order valence-electron chi connectivity index (χ0n) is 12.6. The van der Waals surface area contributed by atoms with Crippen LogP contribution in [-0.4, -0.2) is 26.8 Å². The van der Waals surface area contributed by atoms with E-state index in [0.717, 1.165) is 24.1 Å². The smallest absolute Gasteiger partial charge is 0.338 e. The molecule has 0 aliphatic heterocycles. The van der Waals surface area contributed by atoms with Crippen molar-refractivity contribution in [1.82, 2.24) is 9.97 Å². The molecule has 6 nitrogen and oxygen atoms in total. The van der Waals surface area contributed by atoms with Gasteiger partial charge < -0.3 is 10.8 Å². The van der Waals surface area contributed by atoms with E-state index >= 15 is 0 Å². The minimum Gasteiger partial charge on any atom is -0.478 e. The third-order valence-electron chi connectivity index (χ3n) is 3.81. The number of nitrogen functional groups attached to an aromatic ring is 1. The third kappa shape index (κ3) is 3.01. The molecule has 0 spiro atoms. The van der Waals surface area contributed by atoms with E-state index in [9.17, 15) is 14.0 Å². The molecule has 7 heteroatoms. The number of benzene rings is 1. The molecule has 0 amide bonds. The van der Waals surface area contributed by atoms with Crippen molar-refractivity contribution in [3.05, 3.63) is 47.5 Å². The van der Waals surface area contributed by atoms with Crippen LogP contribution in [0.25, 0.3) is 16.8 Å². The second-order valence-electron chi connectivity index (χ2n) is 5.48. The fraction of sp³-hybridized carbons (Fsp3) is 0.176. The summed E-state index contributed by atoms with van der Waals surface area (Å²) in [5.74, 6) is -2.09. The molecule has 3 N–H and O–H groups in total. The Morgan fingerprint density at radius 1 is 1.29 bits per heavy atom. The van der Waals surface area contributed by atoms with E-state index in [0.29, 0.717) is 24.1 Å². The maximum atomic E-state index is 13.9. The predicted octanol–water partition coefficient (Wildman–Crippen LogP) is 2.70. The second-order valence-corrected chi connectivity index (χ2v) is 5.48. The summed E-state index contributed by atoms with van der Waals surface area (Å²) in [6, 6.07) is 3.65. The van der Waals surface area contributed by atoms with Crippen molar-refractivity contribution >= 4 is 23.1 Å². The SMILES string of the molecule is Nc1ncc(C2=CC(=O)CCC2)nc1-c1ccc(C(=O)O)c(F)c1. The molecule has 1 aromatic heterocycles. The van der Waals surface area contributed by atoms with E-state index in [4.69, 9.17) is 10.8 Å². The second kappa shape index (κ2) is 6.19. The number of anilines is 1. The lowest BCUT2D eigenvalue weighted by atomic mass is 9.96. The van der Waals surface area contributed by atoms with Gasteiger partial charge in [0.1, 0.15) is 17.3 Å². The number of hydrogen-bond donors (Lipinski definition) is 2. The highest BCUT2D eigenvalue weighted by atomic mass is 19.1. The monoisotopic (exact) mass is 327 g/mol. The van der Waals surface area contributed by atoms with Crippen molar-refractivity contribution in [1.29, 1.82) is 0 Å². The number of carboxylic acid groups (broad SMARTS) is 1. The summed E-state index contributed by atoms with van der Waals surface area (Å²) in [6.07, 6.45) is 4.98. The molecule has 1 aliphatic rings. The van der Waals surface area contributed by atoms with Gasteiger partial charge in [0, 0.05) is 12.0 Å². The molecular formula is C17H14FN3O3. The first-order chi connectivity index (χ1) is 11.5. The van der Waals surface area contributed by atoms with Gasteiger partial charge >= 0.3 is 5.97 Å². The van der Waals surface area contributed by atoms with E-state index in [2.05, 4.69) is 9.97 Å². The highest BCUT2D eigenvalue weighted by molar-refractivity contribution is 5.98. The Labute approximate surface area is 136 Å². The first kappa shape index (κ1) is 15.8. The molecule has 1 heterocycles. The zero-order valence-corrected chi connectivity index (χ0v) is 12.6. The first-order valence-electron chi connectivity index (χ1n) is 7.35. The normalized spacial score (nSPS) is 14.4. The Morgan fingerprint density at radius 3 is 2.75 bits per heavy atom. The van der Waals surface area contributed by atoms with Crippen LogP contribution in [0.15, 0.2) is 30.5 Å². The van der Waals surface area contributed by atoms with Crippen molar-refractivity contribution in [2.75, 3.05) is 5.73 Å². The lowest BCUT2D eigenvalue weighted by molar-refractivity contribution is -0.114. The number of hydrogen-bond acceptors (Lipinski definition) is 5. The van der Waals surface area contributed by atoms with Crippen molar-refractivity contribution < 1.29 is 19.1 Å². The highest BCUT2D eigenvalue weighted by Gasteiger charge is 2.17. The molecule has 24 heavy (non-hydrogen) atoms. The van der Waals surface area contributed by atoms with Gasteiger partial charge in [-0.25, -0.2) is 19.2 Å². The maximum Gasteiger partial charge on any atom is 0.338 e. The van der Waals surface area contributed by atoms with Gasteiger partial charge in [0.25, 0.3) is 0 Å². The molecule has 0 saturated carbocycles. The van der Waals surface area contributed by atoms with Gasteiger partial charge in [0.15, 0.2) is 5.78 Å². The number of aromatic carboxylic acids is 1. The number of carbonyl (C=O) groups excluding carboxylic acids is 1. The van der Waals surface area contributed by atoms with E-state index in [1.807, 2.05) is 0 Å². The minimum atomic E-state index is -1.35. The van der Waals surface area contributed by atoms with Gasteiger partial charge in [-0.2, -0.15) is 0 Å². The van der Waals surface area contributed by atoms with Gasteiger partial charge in [-0.1, -0.05) is 6.07 Å². The third-order valence-corrected chi connectivity index (χ3v) is 3.81. The van der Waals surface area contributed by atoms with Crippen molar-refractivity contribution in [2.24, 2.45) is 0 Å². The summed E-state index contributed by atoms with van der Waals surface area (Å²) in [7, 11) is 0. The summed E-state index contributed by atoms with van der Waals surface area (Å²) in [6.45, 7) is 0. The van der Waals surface area contributed by atoms with Crippen LogP contribution in [0.1, 0.15) is 35.3 Å².